The Bertz CT molecular complexity index is 763. The second kappa shape index (κ2) is 6.57. The number of carbonyl (C=O) groups is 1. The summed E-state index contributed by atoms with van der Waals surface area (Å²) in [5, 5.41) is 0.514. The first-order chi connectivity index (χ1) is 11.1. The number of para-hydroxylation sites is 1. The molecule has 2 aromatic rings. The first-order valence-corrected chi connectivity index (χ1v) is 8.38. The molecule has 4 nitrogen and oxygen atoms in total. The summed E-state index contributed by atoms with van der Waals surface area (Å²) >= 11 is 0. The van der Waals surface area contributed by atoms with Gasteiger partial charge in [-0.3, -0.25) is 9.59 Å². The minimum atomic E-state index is -0.169. The highest BCUT2D eigenvalue weighted by atomic mass is 16.3. The summed E-state index contributed by atoms with van der Waals surface area (Å²) in [5.74, 6) is 1.29. The van der Waals surface area contributed by atoms with E-state index in [1.807, 2.05) is 4.90 Å². The summed E-state index contributed by atoms with van der Waals surface area (Å²) in [7, 11) is 0. The fourth-order valence-corrected chi connectivity index (χ4v) is 3.36. The molecular formula is C19H23NO3. The first-order valence-electron chi connectivity index (χ1n) is 8.38. The number of carbonyl (C=O) groups excluding carboxylic acids is 1. The van der Waals surface area contributed by atoms with Gasteiger partial charge < -0.3 is 9.32 Å². The van der Waals surface area contributed by atoms with Gasteiger partial charge in [0.05, 0.1) is 5.39 Å². The van der Waals surface area contributed by atoms with Crippen LogP contribution in [0.25, 0.3) is 11.0 Å². The van der Waals surface area contributed by atoms with Crippen LogP contribution in [0.15, 0.2) is 39.5 Å². The first kappa shape index (κ1) is 15.8. The van der Waals surface area contributed by atoms with Gasteiger partial charge in [0, 0.05) is 19.2 Å². The van der Waals surface area contributed by atoms with Crippen LogP contribution in [0.2, 0.25) is 0 Å². The number of fused-ring (bicyclic) bond motifs is 1. The molecule has 1 aromatic heterocycles. The summed E-state index contributed by atoms with van der Waals surface area (Å²) in [6, 6.07) is 8.37. The topological polar surface area (TPSA) is 50.5 Å². The predicted molar refractivity (Wildman–Crippen MR) is 90.6 cm³/mol. The zero-order valence-corrected chi connectivity index (χ0v) is 13.7. The van der Waals surface area contributed by atoms with Crippen LogP contribution in [0.3, 0.4) is 0 Å². The molecule has 3 rings (SSSR count). The SMILES string of the molecule is CC(C)C1CCCN(C(=O)c2cc(=O)c3ccccc3o2)CC1. The van der Waals surface area contributed by atoms with Gasteiger partial charge in [0.15, 0.2) is 11.2 Å². The third-order valence-electron chi connectivity index (χ3n) is 4.85. The number of benzene rings is 1. The van der Waals surface area contributed by atoms with Gasteiger partial charge in [-0.2, -0.15) is 0 Å². The lowest BCUT2D eigenvalue weighted by Crippen LogP contribution is -2.32. The molecule has 1 atom stereocenters. The summed E-state index contributed by atoms with van der Waals surface area (Å²) in [6.07, 6.45) is 3.18. The third-order valence-corrected chi connectivity index (χ3v) is 4.85. The molecule has 1 aliphatic rings. The predicted octanol–water partition coefficient (Wildman–Crippen LogP) is 3.69. The maximum absolute atomic E-state index is 12.7. The van der Waals surface area contributed by atoms with Crippen molar-refractivity contribution >= 4 is 16.9 Å². The lowest BCUT2D eigenvalue weighted by Gasteiger charge is -2.21. The quantitative estimate of drug-likeness (QED) is 0.849. The van der Waals surface area contributed by atoms with Gasteiger partial charge in [0.2, 0.25) is 0 Å². The standard InChI is InChI=1S/C19H23NO3/c1-13(2)14-6-5-10-20(11-9-14)19(22)18-12-16(21)15-7-3-4-8-17(15)23-18/h3-4,7-8,12-14H,5-6,9-11H2,1-2H3. The van der Waals surface area contributed by atoms with Crippen LogP contribution in [0.5, 0.6) is 0 Å². The van der Waals surface area contributed by atoms with E-state index in [4.69, 9.17) is 4.42 Å². The molecule has 2 heterocycles. The van der Waals surface area contributed by atoms with Crippen molar-refractivity contribution in [3.8, 4) is 0 Å². The summed E-state index contributed by atoms with van der Waals surface area (Å²) in [4.78, 5) is 26.7. The molecule has 0 radical (unpaired) electrons. The lowest BCUT2D eigenvalue weighted by molar-refractivity contribution is 0.0727. The van der Waals surface area contributed by atoms with Gasteiger partial charge in [0.1, 0.15) is 5.58 Å². The third kappa shape index (κ3) is 3.31. The molecule has 1 aliphatic heterocycles. The van der Waals surface area contributed by atoms with Gasteiger partial charge in [-0.25, -0.2) is 0 Å². The molecule has 0 N–H and O–H groups in total. The molecule has 0 spiro atoms. The Balaban J connectivity index is 1.84. The fraction of sp³-hybridized carbons (Fsp3) is 0.474. The van der Waals surface area contributed by atoms with Gasteiger partial charge in [-0.05, 0) is 43.2 Å². The van der Waals surface area contributed by atoms with Crippen molar-refractivity contribution in [1.82, 2.24) is 4.90 Å². The van der Waals surface area contributed by atoms with Gasteiger partial charge in [-0.1, -0.05) is 26.0 Å². The summed E-state index contributed by atoms with van der Waals surface area (Å²) < 4.78 is 5.68. The Kier molecular flexibility index (Phi) is 4.51. The van der Waals surface area contributed by atoms with E-state index < -0.39 is 0 Å². The van der Waals surface area contributed by atoms with Gasteiger partial charge >= 0.3 is 0 Å². The molecule has 0 saturated carbocycles. The van der Waals surface area contributed by atoms with Gasteiger partial charge in [-0.15, -0.1) is 0 Å². The second-order valence-electron chi connectivity index (χ2n) is 6.70. The number of rotatable bonds is 2. The van der Waals surface area contributed by atoms with E-state index >= 15 is 0 Å². The van der Waals surface area contributed by atoms with Crippen molar-refractivity contribution in [3.63, 3.8) is 0 Å². The van der Waals surface area contributed by atoms with E-state index in [1.54, 1.807) is 24.3 Å². The average molecular weight is 313 g/mol. The maximum atomic E-state index is 12.7. The lowest BCUT2D eigenvalue weighted by atomic mass is 9.89. The monoisotopic (exact) mass is 313 g/mol. The molecule has 1 aromatic carbocycles. The van der Waals surface area contributed by atoms with Crippen LogP contribution in [0.4, 0.5) is 0 Å². The molecule has 1 saturated heterocycles. The van der Waals surface area contributed by atoms with E-state index in [2.05, 4.69) is 13.8 Å². The Hall–Kier alpha value is -2.10. The largest absolute Gasteiger partial charge is 0.451 e. The van der Waals surface area contributed by atoms with Crippen molar-refractivity contribution in [2.24, 2.45) is 11.8 Å². The zero-order valence-electron chi connectivity index (χ0n) is 13.7. The van der Waals surface area contributed by atoms with E-state index in [-0.39, 0.29) is 17.1 Å². The van der Waals surface area contributed by atoms with Crippen LogP contribution in [-0.4, -0.2) is 23.9 Å². The molecular weight excluding hydrogens is 290 g/mol. The van der Waals surface area contributed by atoms with Crippen LogP contribution < -0.4 is 5.43 Å². The number of likely N-dealkylation sites (tertiary alicyclic amines) is 1. The van der Waals surface area contributed by atoms with Crippen LogP contribution in [0.1, 0.15) is 43.7 Å². The van der Waals surface area contributed by atoms with E-state index in [1.165, 1.54) is 6.07 Å². The molecule has 1 fully saturated rings. The Morgan fingerprint density at radius 3 is 2.78 bits per heavy atom. The number of hydrogen-bond acceptors (Lipinski definition) is 3. The van der Waals surface area contributed by atoms with Crippen molar-refractivity contribution in [1.29, 1.82) is 0 Å². The van der Waals surface area contributed by atoms with Crippen LogP contribution >= 0.6 is 0 Å². The van der Waals surface area contributed by atoms with E-state index in [0.29, 0.717) is 22.8 Å². The Labute approximate surface area is 136 Å². The van der Waals surface area contributed by atoms with Gasteiger partial charge in [0.25, 0.3) is 5.91 Å². The highest BCUT2D eigenvalue weighted by molar-refractivity contribution is 5.93. The normalized spacial score (nSPS) is 19.1. The molecule has 23 heavy (non-hydrogen) atoms. The van der Waals surface area contributed by atoms with Crippen molar-refractivity contribution in [2.45, 2.75) is 33.1 Å². The molecule has 0 bridgehead atoms. The zero-order chi connectivity index (χ0) is 16.4. The van der Waals surface area contributed by atoms with E-state index in [0.717, 1.165) is 32.4 Å². The molecule has 1 unspecified atom stereocenters. The minimum Gasteiger partial charge on any atom is -0.451 e. The minimum absolute atomic E-state index is 0.150. The molecule has 4 heteroatoms. The average Bonchev–Trinajstić information content (AvgIpc) is 2.80. The second-order valence-corrected chi connectivity index (χ2v) is 6.70. The van der Waals surface area contributed by atoms with Crippen LogP contribution in [0, 0.1) is 11.8 Å². The molecule has 122 valence electrons. The summed E-state index contributed by atoms with van der Waals surface area (Å²) in [6.45, 7) is 5.95. The Morgan fingerprint density at radius 1 is 1.22 bits per heavy atom. The van der Waals surface area contributed by atoms with Crippen molar-refractivity contribution < 1.29 is 9.21 Å². The molecule has 1 amide bonds. The number of amides is 1. The van der Waals surface area contributed by atoms with Crippen LogP contribution in [-0.2, 0) is 0 Å². The summed E-state index contributed by atoms with van der Waals surface area (Å²) in [5.41, 5.74) is 0.309. The highest BCUT2D eigenvalue weighted by Crippen LogP contribution is 2.25. The fourth-order valence-electron chi connectivity index (χ4n) is 3.36. The van der Waals surface area contributed by atoms with Crippen molar-refractivity contribution in [3.05, 3.63) is 46.3 Å². The maximum Gasteiger partial charge on any atom is 0.289 e. The number of nitrogens with zero attached hydrogens (tertiary/aromatic N) is 1. The molecule has 0 aliphatic carbocycles. The van der Waals surface area contributed by atoms with E-state index in [9.17, 15) is 9.59 Å². The number of hydrogen-bond donors (Lipinski definition) is 0. The smallest absolute Gasteiger partial charge is 0.289 e. The Morgan fingerprint density at radius 2 is 2.00 bits per heavy atom. The highest BCUT2D eigenvalue weighted by Gasteiger charge is 2.24. The van der Waals surface area contributed by atoms with Crippen molar-refractivity contribution in [2.75, 3.05) is 13.1 Å².